The highest BCUT2D eigenvalue weighted by molar-refractivity contribution is 7.91. The van der Waals surface area contributed by atoms with E-state index in [1.54, 1.807) is 0 Å². The van der Waals surface area contributed by atoms with Gasteiger partial charge in [0.1, 0.15) is 18.9 Å². The van der Waals surface area contributed by atoms with Gasteiger partial charge in [-0.25, -0.2) is 0 Å². The summed E-state index contributed by atoms with van der Waals surface area (Å²) in [6, 6.07) is 0. The van der Waals surface area contributed by atoms with Crippen LogP contribution in [0.15, 0.2) is 0 Å². The molecule has 1 aliphatic rings. The van der Waals surface area contributed by atoms with Gasteiger partial charge >= 0.3 is 7.07 Å². The third-order valence-electron chi connectivity index (χ3n) is 1.40. The van der Waals surface area contributed by atoms with Crippen molar-refractivity contribution in [3.05, 3.63) is 0 Å². The minimum absolute atomic E-state index is 0.250. The molecule has 60 valence electrons. The van der Waals surface area contributed by atoms with Crippen LogP contribution in [0.25, 0.3) is 0 Å². The summed E-state index contributed by atoms with van der Waals surface area (Å²) in [6.45, 7) is 5.89. The molecule has 1 saturated heterocycles. The normalized spacial score (nSPS) is 49.2. The highest BCUT2D eigenvalue weighted by atomic mass is 35.7. The first-order valence-electron chi connectivity index (χ1n) is 3.42. The Hall–Kier alpha value is 0.640. The molecule has 0 radical (unpaired) electrons. The van der Waals surface area contributed by atoms with Crippen LogP contribution in [0, 0.1) is 0 Å². The third kappa shape index (κ3) is 2.35. The van der Waals surface area contributed by atoms with E-state index in [0.29, 0.717) is 0 Å². The Morgan fingerprint density at radius 3 is 2.00 bits per heavy atom. The molecular weight excluding hydrogens is 170 g/mol. The maximum Gasteiger partial charge on any atom is 0.369 e. The van der Waals surface area contributed by atoms with Crippen molar-refractivity contribution in [2.45, 2.75) is 32.5 Å². The van der Waals surface area contributed by atoms with Crippen LogP contribution < -0.4 is 0 Å². The molecule has 2 atom stereocenters. The number of hydrogen-bond acceptors (Lipinski definition) is 2. The van der Waals surface area contributed by atoms with Crippen molar-refractivity contribution in [3.8, 4) is 0 Å². The van der Waals surface area contributed by atoms with Gasteiger partial charge in [-0.3, -0.25) is 0 Å². The molecule has 0 spiro atoms. The highest BCUT2D eigenvalue weighted by Crippen LogP contribution is 2.66. The molecule has 0 amide bonds. The summed E-state index contributed by atoms with van der Waals surface area (Å²) in [7, 11) is -1.98. The van der Waals surface area contributed by atoms with E-state index in [2.05, 4.69) is 0 Å². The number of hydrogen-bond donors (Lipinski definition) is 0. The van der Waals surface area contributed by atoms with Gasteiger partial charge < -0.3 is 0 Å². The van der Waals surface area contributed by atoms with Crippen molar-refractivity contribution in [2.24, 2.45) is 0 Å². The first kappa shape index (κ1) is 8.73. The fraction of sp³-hybridized carbons (Fsp3) is 1.00. The molecule has 0 aliphatic carbocycles. The van der Waals surface area contributed by atoms with Crippen molar-refractivity contribution < 1.29 is 9.05 Å². The summed E-state index contributed by atoms with van der Waals surface area (Å²) in [5.74, 6) is 0. The molecule has 4 heteroatoms. The van der Waals surface area contributed by atoms with Crippen LogP contribution in [-0.4, -0.2) is 18.9 Å². The summed E-state index contributed by atoms with van der Waals surface area (Å²) in [6.07, 6.45) is 1.45. The van der Waals surface area contributed by atoms with Gasteiger partial charge in [0.2, 0.25) is 0 Å². The van der Waals surface area contributed by atoms with Gasteiger partial charge in [-0.15, -0.1) is 0 Å². The molecule has 1 aliphatic heterocycles. The fourth-order valence-corrected chi connectivity index (χ4v) is 3.54. The molecule has 0 saturated carbocycles. The summed E-state index contributed by atoms with van der Waals surface area (Å²) < 4.78 is 10.8. The Bertz CT molecular complexity index is 117. The van der Waals surface area contributed by atoms with Crippen molar-refractivity contribution in [2.75, 3.05) is 6.66 Å². The lowest BCUT2D eigenvalue weighted by Gasteiger charge is -2.26. The van der Waals surface area contributed by atoms with Crippen LogP contribution >= 0.6 is 18.3 Å². The summed E-state index contributed by atoms with van der Waals surface area (Å²) >= 11 is 5.93. The lowest BCUT2D eigenvalue weighted by Crippen LogP contribution is -2.24. The van der Waals surface area contributed by atoms with Crippen LogP contribution in [0.4, 0.5) is 0 Å². The van der Waals surface area contributed by atoms with Crippen LogP contribution in [-0.2, 0) is 9.05 Å². The number of halogens is 1. The molecule has 0 aromatic carbocycles. The van der Waals surface area contributed by atoms with E-state index < -0.39 is 7.07 Å². The molecule has 0 N–H and O–H groups in total. The SMILES string of the molecule is CC1CC(C)O[P+](C)(Cl)O1. The summed E-state index contributed by atoms with van der Waals surface area (Å²) in [5.41, 5.74) is 0. The Morgan fingerprint density at radius 2 is 1.70 bits per heavy atom. The Morgan fingerprint density at radius 1 is 1.30 bits per heavy atom. The Kier molecular flexibility index (Phi) is 2.57. The second-order valence-electron chi connectivity index (χ2n) is 2.81. The average molecular weight is 184 g/mol. The minimum atomic E-state index is -1.98. The van der Waals surface area contributed by atoms with Crippen molar-refractivity contribution in [1.29, 1.82) is 0 Å². The van der Waals surface area contributed by atoms with E-state index in [1.165, 1.54) is 0 Å². The standard InChI is InChI=1S/C6H13ClO2P/c1-5-4-6(2)9-10(3,7)8-5/h5-6H,4H2,1-3H3/q+1. The van der Waals surface area contributed by atoms with E-state index >= 15 is 0 Å². The Labute approximate surface area is 67.1 Å². The lowest BCUT2D eigenvalue weighted by atomic mass is 10.2. The van der Waals surface area contributed by atoms with E-state index in [0.717, 1.165) is 6.42 Å². The van der Waals surface area contributed by atoms with E-state index in [4.69, 9.17) is 20.3 Å². The lowest BCUT2D eigenvalue weighted by molar-refractivity contribution is 0.0701. The van der Waals surface area contributed by atoms with Crippen LogP contribution in [0.5, 0.6) is 0 Å². The quantitative estimate of drug-likeness (QED) is 0.538. The van der Waals surface area contributed by atoms with E-state index in [9.17, 15) is 0 Å². The summed E-state index contributed by atoms with van der Waals surface area (Å²) in [4.78, 5) is 0. The first-order chi connectivity index (χ1) is 4.49. The molecule has 2 nitrogen and oxygen atoms in total. The smallest absolute Gasteiger partial charge is 0.186 e. The molecule has 10 heavy (non-hydrogen) atoms. The Balaban J connectivity index is 2.51. The molecule has 0 aromatic heterocycles. The largest absolute Gasteiger partial charge is 0.369 e. The average Bonchev–Trinajstić information content (AvgIpc) is 1.54. The van der Waals surface area contributed by atoms with Crippen LogP contribution in [0.2, 0.25) is 0 Å². The first-order valence-corrected chi connectivity index (χ1v) is 6.40. The van der Waals surface area contributed by atoms with Crippen molar-refractivity contribution >= 4 is 18.3 Å². The molecule has 2 unspecified atom stereocenters. The number of rotatable bonds is 0. The topological polar surface area (TPSA) is 18.5 Å². The molecular formula is C6H13ClO2P+. The minimum Gasteiger partial charge on any atom is -0.186 e. The molecule has 1 heterocycles. The zero-order chi connectivity index (χ0) is 7.78. The van der Waals surface area contributed by atoms with Crippen LogP contribution in [0.1, 0.15) is 20.3 Å². The highest BCUT2D eigenvalue weighted by Gasteiger charge is 2.43. The van der Waals surface area contributed by atoms with Crippen molar-refractivity contribution in [1.82, 2.24) is 0 Å². The maximum absolute atomic E-state index is 5.93. The molecule has 0 bridgehead atoms. The fourth-order valence-electron chi connectivity index (χ4n) is 1.22. The van der Waals surface area contributed by atoms with E-state index in [1.807, 2.05) is 20.5 Å². The molecule has 0 aromatic rings. The third-order valence-corrected chi connectivity index (χ3v) is 3.35. The van der Waals surface area contributed by atoms with Gasteiger partial charge in [-0.2, -0.15) is 9.05 Å². The monoisotopic (exact) mass is 183 g/mol. The molecule has 1 rings (SSSR count). The zero-order valence-corrected chi connectivity index (χ0v) is 8.15. The zero-order valence-electron chi connectivity index (χ0n) is 6.50. The maximum atomic E-state index is 5.93. The van der Waals surface area contributed by atoms with Gasteiger partial charge in [-0.05, 0) is 13.8 Å². The van der Waals surface area contributed by atoms with Crippen LogP contribution in [0.3, 0.4) is 0 Å². The predicted octanol–water partition coefficient (Wildman–Crippen LogP) is 2.83. The van der Waals surface area contributed by atoms with E-state index in [-0.39, 0.29) is 12.2 Å². The molecule has 1 fully saturated rings. The predicted molar refractivity (Wildman–Crippen MR) is 44.4 cm³/mol. The second-order valence-corrected chi connectivity index (χ2v) is 6.57. The second kappa shape index (κ2) is 2.94. The van der Waals surface area contributed by atoms with Gasteiger partial charge in [0.25, 0.3) is 0 Å². The van der Waals surface area contributed by atoms with Gasteiger partial charge in [0.05, 0.1) is 0 Å². The van der Waals surface area contributed by atoms with Gasteiger partial charge in [0, 0.05) is 6.42 Å². The summed E-state index contributed by atoms with van der Waals surface area (Å²) in [5, 5.41) is 0. The van der Waals surface area contributed by atoms with Crippen molar-refractivity contribution in [3.63, 3.8) is 0 Å². The van der Waals surface area contributed by atoms with Gasteiger partial charge in [0.15, 0.2) is 11.2 Å². The van der Waals surface area contributed by atoms with Gasteiger partial charge in [-0.1, -0.05) is 0 Å².